The molecular formula is C14H13FN2O3S2. The molecule has 2 aromatic rings. The SMILES string of the molecule is CC(O)C(=O)Nc1sc(Sc2ccc(F)cc2)cc1C(N)=O. The zero-order valence-corrected chi connectivity index (χ0v) is 13.1. The van der Waals surface area contributed by atoms with Crippen LogP contribution < -0.4 is 11.1 Å². The summed E-state index contributed by atoms with van der Waals surface area (Å²) >= 11 is 2.47. The molecule has 22 heavy (non-hydrogen) atoms. The minimum atomic E-state index is -1.20. The molecule has 1 unspecified atom stereocenters. The Morgan fingerprint density at radius 2 is 2.00 bits per heavy atom. The lowest BCUT2D eigenvalue weighted by atomic mass is 10.3. The van der Waals surface area contributed by atoms with Gasteiger partial charge in [-0.15, -0.1) is 11.3 Å². The van der Waals surface area contributed by atoms with E-state index in [1.165, 1.54) is 30.8 Å². The maximum absolute atomic E-state index is 12.9. The third kappa shape index (κ3) is 4.06. The highest BCUT2D eigenvalue weighted by molar-refractivity contribution is 8.01. The molecular weight excluding hydrogens is 327 g/mol. The van der Waals surface area contributed by atoms with Crippen molar-refractivity contribution in [3.63, 3.8) is 0 Å². The van der Waals surface area contributed by atoms with Crippen molar-refractivity contribution in [1.29, 1.82) is 0 Å². The zero-order chi connectivity index (χ0) is 16.3. The van der Waals surface area contributed by atoms with Gasteiger partial charge in [0.2, 0.25) is 0 Å². The number of nitrogens with two attached hydrogens (primary N) is 1. The molecule has 5 nitrogen and oxygen atoms in total. The summed E-state index contributed by atoms with van der Waals surface area (Å²) in [4.78, 5) is 23.8. The van der Waals surface area contributed by atoms with E-state index in [1.807, 2.05) is 0 Å². The first-order chi connectivity index (χ1) is 10.4. The van der Waals surface area contributed by atoms with E-state index in [2.05, 4.69) is 5.32 Å². The Morgan fingerprint density at radius 1 is 1.36 bits per heavy atom. The minimum absolute atomic E-state index is 0.170. The van der Waals surface area contributed by atoms with Crippen molar-refractivity contribution in [3.8, 4) is 0 Å². The highest BCUT2D eigenvalue weighted by Crippen LogP contribution is 2.38. The Hall–Kier alpha value is -1.90. The molecule has 1 heterocycles. The summed E-state index contributed by atoms with van der Waals surface area (Å²) in [6.45, 7) is 1.32. The lowest BCUT2D eigenvalue weighted by Crippen LogP contribution is -2.25. The maximum atomic E-state index is 12.9. The van der Waals surface area contributed by atoms with Crippen LogP contribution in [0.25, 0.3) is 0 Å². The van der Waals surface area contributed by atoms with Crippen molar-refractivity contribution in [3.05, 3.63) is 41.7 Å². The Kier molecular flexibility index (Phi) is 5.17. The minimum Gasteiger partial charge on any atom is -0.384 e. The molecule has 0 saturated carbocycles. The molecule has 0 aliphatic rings. The Morgan fingerprint density at radius 3 is 2.55 bits per heavy atom. The fourth-order valence-corrected chi connectivity index (χ4v) is 3.72. The van der Waals surface area contributed by atoms with E-state index in [-0.39, 0.29) is 16.4 Å². The molecule has 8 heteroatoms. The van der Waals surface area contributed by atoms with Gasteiger partial charge in [0.05, 0.1) is 9.77 Å². The van der Waals surface area contributed by atoms with E-state index in [0.29, 0.717) is 4.21 Å². The van der Waals surface area contributed by atoms with Gasteiger partial charge in [-0.3, -0.25) is 9.59 Å². The predicted octanol–water partition coefficient (Wildman–Crippen LogP) is 2.46. The maximum Gasteiger partial charge on any atom is 0.253 e. The van der Waals surface area contributed by atoms with E-state index in [9.17, 15) is 19.1 Å². The number of aliphatic hydroxyl groups is 1. The van der Waals surface area contributed by atoms with Gasteiger partial charge in [0.25, 0.3) is 11.8 Å². The number of amides is 2. The van der Waals surface area contributed by atoms with Crippen LogP contribution in [0.1, 0.15) is 17.3 Å². The zero-order valence-electron chi connectivity index (χ0n) is 11.5. The Bertz CT molecular complexity index is 699. The van der Waals surface area contributed by atoms with Crippen LogP contribution in [-0.4, -0.2) is 23.0 Å². The van der Waals surface area contributed by atoms with E-state index < -0.39 is 17.9 Å². The number of thiophene rings is 1. The van der Waals surface area contributed by atoms with Gasteiger partial charge < -0.3 is 16.2 Å². The van der Waals surface area contributed by atoms with Gasteiger partial charge in [0, 0.05) is 4.90 Å². The number of benzene rings is 1. The predicted molar refractivity (Wildman–Crippen MR) is 83.7 cm³/mol. The summed E-state index contributed by atoms with van der Waals surface area (Å²) in [5, 5.41) is 12.0. The second-order valence-corrected chi connectivity index (χ2v) is 6.82. The summed E-state index contributed by atoms with van der Waals surface area (Å²) in [6, 6.07) is 7.44. The number of carbonyl (C=O) groups excluding carboxylic acids is 2. The molecule has 1 aromatic heterocycles. The average Bonchev–Trinajstić information content (AvgIpc) is 2.84. The third-order valence-corrected chi connectivity index (χ3v) is 4.80. The average molecular weight is 340 g/mol. The molecule has 0 spiro atoms. The summed E-state index contributed by atoms with van der Waals surface area (Å²) in [7, 11) is 0. The van der Waals surface area contributed by atoms with Gasteiger partial charge >= 0.3 is 0 Å². The smallest absolute Gasteiger partial charge is 0.253 e. The molecule has 2 amide bonds. The van der Waals surface area contributed by atoms with Crippen LogP contribution in [0.3, 0.4) is 0 Å². The van der Waals surface area contributed by atoms with Crippen molar-refractivity contribution in [2.24, 2.45) is 5.73 Å². The number of halogens is 1. The van der Waals surface area contributed by atoms with Crippen LogP contribution in [0.4, 0.5) is 9.39 Å². The topological polar surface area (TPSA) is 92.4 Å². The lowest BCUT2D eigenvalue weighted by Gasteiger charge is -2.05. The second-order valence-electron chi connectivity index (χ2n) is 4.39. The highest BCUT2D eigenvalue weighted by atomic mass is 32.2. The summed E-state index contributed by atoms with van der Waals surface area (Å²) in [5.74, 6) is -1.64. The first-order valence-electron chi connectivity index (χ1n) is 6.23. The van der Waals surface area contributed by atoms with Gasteiger partial charge in [-0.25, -0.2) is 4.39 Å². The molecule has 0 aliphatic carbocycles. The quantitative estimate of drug-likeness (QED) is 0.779. The van der Waals surface area contributed by atoms with Gasteiger partial charge in [-0.05, 0) is 37.3 Å². The molecule has 116 valence electrons. The summed E-state index contributed by atoms with van der Waals surface area (Å²) in [5.41, 5.74) is 5.46. The molecule has 0 radical (unpaired) electrons. The number of carbonyl (C=O) groups is 2. The molecule has 0 bridgehead atoms. The number of primary amides is 1. The van der Waals surface area contributed by atoms with Crippen molar-refractivity contribution in [2.75, 3.05) is 5.32 Å². The van der Waals surface area contributed by atoms with Crippen molar-refractivity contribution < 1.29 is 19.1 Å². The largest absolute Gasteiger partial charge is 0.384 e. The van der Waals surface area contributed by atoms with Crippen LogP contribution in [0.15, 0.2) is 39.4 Å². The van der Waals surface area contributed by atoms with E-state index in [0.717, 1.165) is 16.2 Å². The first kappa shape index (κ1) is 16.5. The molecule has 1 aromatic carbocycles. The van der Waals surface area contributed by atoms with Gasteiger partial charge in [0.15, 0.2) is 0 Å². The molecule has 1 atom stereocenters. The van der Waals surface area contributed by atoms with E-state index >= 15 is 0 Å². The molecule has 4 N–H and O–H groups in total. The summed E-state index contributed by atoms with van der Waals surface area (Å²) in [6.07, 6.45) is -1.20. The fraction of sp³-hybridized carbons (Fsp3) is 0.143. The number of anilines is 1. The second kappa shape index (κ2) is 6.91. The van der Waals surface area contributed by atoms with Crippen LogP contribution in [-0.2, 0) is 4.79 Å². The Labute approximate surface area is 134 Å². The molecule has 2 rings (SSSR count). The molecule has 0 saturated heterocycles. The molecule has 0 aliphatic heterocycles. The normalized spacial score (nSPS) is 12.0. The van der Waals surface area contributed by atoms with E-state index in [1.54, 1.807) is 18.2 Å². The van der Waals surface area contributed by atoms with E-state index in [4.69, 9.17) is 5.73 Å². The standard InChI is InChI=1S/C14H13FN2O3S2/c1-7(18)13(20)17-14-10(12(16)19)6-11(22-14)21-9-4-2-8(15)3-5-9/h2-7,18H,1H3,(H2,16,19)(H,17,20). The highest BCUT2D eigenvalue weighted by Gasteiger charge is 2.18. The van der Waals surface area contributed by atoms with Crippen LogP contribution in [0.2, 0.25) is 0 Å². The number of nitrogens with one attached hydrogen (secondary N) is 1. The van der Waals surface area contributed by atoms with Gasteiger partial charge in [-0.1, -0.05) is 11.8 Å². The van der Waals surface area contributed by atoms with Gasteiger partial charge in [-0.2, -0.15) is 0 Å². The Balaban J connectivity index is 2.24. The summed E-state index contributed by atoms with van der Waals surface area (Å²) < 4.78 is 13.6. The number of aliphatic hydroxyl groups excluding tert-OH is 1. The fourth-order valence-electron chi connectivity index (χ4n) is 1.53. The number of hydrogen-bond acceptors (Lipinski definition) is 5. The van der Waals surface area contributed by atoms with Gasteiger partial charge in [0.1, 0.15) is 16.9 Å². The lowest BCUT2D eigenvalue weighted by molar-refractivity contribution is -0.123. The van der Waals surface area contributed by atoms with Crippen LogP contribution in [0, 0.1) is 5.82 Å². The number of rotatable bonds is 5. The monoisotopic (exact) mass is 340 g/mol. The van der Waals surface area contributed by atoms with Crippen molar-refractivity contribution >= 4 is 39.9 Å². The third-order valence-electron chi connectivity index (χ3n) is 2.62. The number of hydrogen-bond donors (Lipinski definition) is 3. The first-order valence-corrected chi connectivity index (χ1v) is 7.86. The van der Waals surface area contributed by atoms with Crippen molar-refractivity contribution in [1.82, 2.24) is 0 Å². The van der Waals surface area contributed by atoms with Crippen LogP contribution >= 0.6 is 23.1 Å². The van der Waals surface area contributed by atoms with Crippen molar-refractivity contribution in [2.45, 2.75) is 22.1 Å². The molecule has 0 fully saturated rings. The van der Waals surface area contributed by atoms with Crippen LogP contribution in [0.5, 0.6) is 0 Å².